The monoisotopic (exact) mass is 312 g/mol. The number of rotatable bonds is 6. The van der Waals surface area contributed by atoms with Crippen LogP contribution in [0.3, 0.4) is 0 Å². The van der Waals surface area contributed by atoms with Gasteiger partial charge in [0.15, 0.2) is 10.7 Å². The van der Waals surface area contributed by atoms with Crippen molar-refractivity contribution in [2.24, 2.45) is 0 Å². The molecule has 0 saturated carbocycles. The summed E-state index contributed by atoms with van der Waals surface area (Å²) in [5.74, 6) is -1.05. The summed E-state index contributed by atoms with van der Waals surface area (Å²) < 4.78 is 1.82. The molecule has 0 aliphatic carbocycles. The number of carbonyl (C=O) groups excluding carboxylic acids is 1. The maximum absolute atomic E-state index is 11.8. The van der Waals surface area contributed by atoms with Crippen LogP contribution in [0.2, 0.25) is 5.02 Å². The van der Waals surface area contributed by atoms with Crippen LogP contribution in [-0.4, -0.2) is 37.4 Å². The second kappa shape index (κ2) is 6.35. The predicted molar refractivity (Wildman–Crippen MR) is 74.2 cm³/mol. The van der Waals surface area contributed by atoms with E-state index in [4.69, 9.17) is 11.6 Å². The lowest BCUT2D eigenvalue weighted by Crippen LogP contribution is -2.26. The molecule has 0 aliphatic heterocycles. The molecule has 1 amide bonds. The number of hydrogen-bond donors (Lipinski definition) is 2. The number of aryl methyl sites for hydroxylation is 2. The Morgan fingerprint density at radius 3 is 2.95 bits per heavy atom. The van der Waals surface area contributed by atoms with Crippen molar-refractivity contribution in [2.45, 2.75) is 19.9 Å². The Morgan fingerprint density at radius 1 is 1.62 bits per heavy atom. The molecule has 9 nitrogen and oxygen atoms in total. The Balaban J connectivity index is 1.85. The largest absolute Gasteiger partial charge is 0.362 e. The van der Waals surface area contributed by atoms with Crippen molar-refractivity contribution in [2.75, 3.05) is 6.54 Å². The molecule has 10 heteroatoms. The van der Waals surface area contributed by atoms with Gasteiger partial charge in [0.2, 0.25) is 0 Å². The molecule has 0 bridgehead atoms. The first-order chi connectivity index (χ1) is 10.0. The molecule has 0 radical (unpaired) electrons. The number of H-pyrrole nitrogens is 1. The van der Waals surface area contributed by atoms with Gasteiger partial charge in [-0.1, -0.05) is 16.7 Å². The van der Waals surface area contributed by atoms with E-state index in [0.717, 1.165) is 5.69 Å². The third-order valence-corrected chi connectivity index (χ3v) is 3.21. The van der Waals surface area contributed by atoms with E-state index in [1.807, 2.05) is 17.7 Å². The molecule has 2 heterocycles. The molecule has 21 heavy (non-hydrogen) atoms. The Morgan fingerprint density at radius 2 is 2.38 bits per heavy atom. The van der Waals surface area contributed by atoms with Gasteiger partial charge >= 0.3 is 5.82 Å². The van der Waals surface area contributed by atoms with Gasteiger partial charge in [0.05, 0.1) is 0 Å². The fourth-order valence-electron chi connectivity index (χ4n) is 1.74. The first-order valence-electron chi connectivity index (χ1n) is 6.15. The van der Waals surface area contributed by atoms with Gasteiger partial charge in [-0.25, -0.2) is 0 Å². The topological polar surface area (TPSA) is 119 Å². The lowest BCUT2D eigenvalue weighted by atomic mass is 10.3. The molecule has 2 aromatic rings. The molecule has 0 fully saturated rings. The smallest absolute Gasteiger partial charge is 0.358 e. The summed E-state index contributed by atoms with van der Waals surface area (Å²) in [5.41, 5.74) is 0.853. The van der Waals surface area contributed by atoms with E-state index in [2.05, 4.69) is 20.6 Å². The van der Waals surface area contributed by atoms with Crippen molar-refractivity contribution >= 4 is 23.3 Å². The number of nitro groups is 1. The summed E-state index contributed by atoms with van der Waals surface area (Å²) in [4.78, 5) is 21.7. The highest BCUT2D eigenvalue weighted by Crippen LogP contribution is 2.24. The molecule has 2 aromatic heterocycles. The van der Waals surface area contributed by atoms with Gasteiger partial charge in [-0.3, -0.25) is 9.48 Å². The maximum atomic E-state index is 11.8. The van der Waals surface area contributed by atoms with Crippen molar-refractivity contribution in [1.82, 2.24) is 25.3 Å². The van der Waals surface area contributed by atoms with Crippen LogP contribution in [0.5, 0.6) is 0 Å². The molecule has 2 N–H and O–H groups in total. The van der Waals surface area contributed by atoms with E-state index in [-0.39, 0.29) is 10.7 Å². The van der Waals surface area contributed by atoms with E-state index in [1.54, 1.807) is 6.20 Å². The highest BCUT2D eigenvalue weighted by molar-refractivity contribution is 6.35. The number of aromatic amines is 1. The molecule has 0 spiro atoms. The average Bonchev–Trinajstić information content (AvgIpc) is 3.01. The minimum Gasteiger partial charge on any atom is -0.358 e. The number of carbonyl (C=O) groups is 1. The first-order valence-corrected chi connectivity index (χ1v) is 6.53. The molecular weight excluding hydrogens is 300 g/mol. The third kappa shape index (κ3) is 3.37. The SMILES string of the molecule is Cc1ccnn1CCCNC(=O)c1n[nH]c([N+](=O)[O-])c1Cl. The molecule has 112 valence electrons. The van der Waals surface area contributed by atoms with Gasteiger partial charge in [-0.15, -0.1) is 5.10 Å². The van der Waals surface area contributed by atoms with Crippen LogP contribution in [0, 0.1) is 17.0 Å². The summed E-state index contributed by atoms with van der Waals surface area (Å²) >= 11 is 5.72. The highest BCUT2D eigenvalue weighted by Gasteiger charge is 2.24. The van der Waals surface area contributed by atoms with E-state index in [1.165, 1.54) is 0 Å². The zero-order valence-corrected chi connectivity index (χ0v) is 11.9. The molecule has 2 rings (SSSR count). The second-order valence-electron chi connectivity index (χ2n) is 4.30. The van der Waals surface area contributed by atoms with Crippen LogP contribution in [0.15, 0.2) is 12.3 Å². The Hall–Kier alpha value is -2.42. The van der Waals surface area contributed by atoms with E-state index >= 15 is 0 Å². The van der Waals surface area contributed by atoms with Crippen LogP contribution in [0.25, 0.3) is 0 Å². The normalized spacial score (nSPS) is 10.6. The van der Waals surface area contributed by atoms with Crippen molar-refractivity contribution in [3.8, 4) is 0 Å². The summed E-state index contributed by atoms with van der Waals surface area (Å²) in [6.45, 7) is 2.98. The van der Waals surface area contributed by atoms with Gasteiger partial charge in [-0.05, 0) is 24.3 Å². The van der Waals surface area contributed by atoms with Crippen LogP contribution < -0.4 is 5.32 Å². The van der Waals surface area contributed by atoms with Crippen LogP contribution in [0.4, 0.5) is 5.82 Å². The molecule has 0 atom stereocenters. The van der Waals surface area contributed by atoms with Crippen molar-refractivity contribution in [1.29, 1.82) is 0 Å². The number of halogens is 1. The molecule has 0 aromatic carbocycles. The number of nitrogens with one attached hydrogen (secondary N) is 2. The van der Waals surface area contributed by atoms with Gasteiger partial charge in [0.1, 0.15) is 0 Å². The van der Waals surface area contributed by atoms with E-state index in [9.17, 15) is 14.9 Å². The fraction of sp³-hybridized carbons (Fsp3) is 0.364. The second-order valence-corrected chi connectivity index (χ2v) is 4.68. The zero-order chi connectivity index (χ0) is 15.4. The lowest BCUT2D eigenvalue weighted by molar-refractivity contribution is -0.389. The lowest BCUT2D eigenvalue weighted by Gasteiger charge is -2.05. The van der Waals surface area contributed by atoms with Crippen LogP contribution in [-0.2, 0) is 6.54 Å². The van der Waals surface area contributed by atoms with E-state index < -0.39 is 16.6 Å². The molecule has 0 aliphatic rings. The minimum atomic E-state index is -0.730. The van der Waals surface area contributed by atoms with Crippen molar-refractivity contribution < 1.29 is 9.72 Å². The molecular formula is C11H13ClN6O3. The van der Waals surface area contributed by atoms with Gasteiger partial charge in [0.25, 0.3) is 5.91 Å². The Kier molecular flexibility index (Phi) is 4.53. The fourth-order valence-corrected chi connectivity index (χ4v) is 1.98. The minimum absolute atomic E-state index is 0.182. The molecule has 0 unspecified atom stereocenters. The number of aromatic nitrogens is 4. The summed E-state index contributed by atoms with van der Waals surface area (Å²) in [6, 6.07) is 1.89. The Bertz CT molecular complexity index is 665. The predicted octanol–water partition coefficient (Wildman–Crippen LogP) is 1.30. The number of nitrogens with zero attached hydrogens (tertiary/aromatic N) is 4. The maximum Gasteiger partial charge on any atom is 0.362 e. The van der Waals surface area contributed by atoms with Gasteiger partial charge < -0.3 is 15.4 Å². The highest BCUT2D eigenvalue weighted by atomic mass is 35.5. The summed E-state index contributed by atoms with van der Waals surface area (Å²) in [7, 11) is 0. The van der Waals surface area contributed by atoms with Crippen molar-refractivity contribution in [3.63, 3.8) is 0 Å². The third-order valence-electron chi connectivity index (χ3n) is 2.85. The quantitative estimate of drug-likeness (QED) is 0.473. The average molecular weight is 313 g/mol. The zero-order valence-electron chi connectivity index (χ0n) is 11.2. The van der Waals surface area contributed by atoms with E-state index in [0.29, 0.717) is 19.5 Å². The number of hydrogen-bond acceptors (Lipinski definition) is 5. The Labute approximate surface area is 124 Å². The number of amides is 1. The first kappa shape index (κ1) is 15.0. The summed E-state index contributed by atoms with van der Waals surface area (Å²) in [6.07, 6.45) is 2.37. The van der Waals surface area contributed by atoms with Gasteiger partial charge in [0, 0.05) is 25.0 Å². The van der Waals surface area contributed by atoms with Crippen molar-refractivity contribution in [3.05, 3.63) is 38.8 Å². The standard InChI is InChI=1S/C11H13ClN6O3/c1-7-3-5-14-17(7)6-2-4-13-11(19)9-8(12)10(16-15-9)18(20)21/h3,5H,2,4,6H2,1H3,(H,13,19)(H,15,16). The van der Waals surface area contributed by atoms with Crippen LogP contribution >= 0.6 is 11.6 Å². The molecule has 0 saturated heterocycles. The summed E-state index contributed by atoms with van der Waals surface area (Å²) in [5, 5.41) is 22.7. The van der Waals surface area contributed by atoms with Crippen LogP contribution in [0.1, 0.15) is 22.6 Å². The van der Waals surface area contributed by atoms with Gasteiger partial charge in [-0.2, -0.15) is 5.10 Å².